The van der Waals surface area contributed by atoms with Crippen molar-refractivity contribution < 1.29 is 48.3 Å². The number of carbonyl (C=O) groups excluding carboxylic acids is 3. The number of aliphatic hydroxyl groups is 2. The number of ketones is 1. The molecule has 14 nitrogen and oxygen atoms in total. The zero-order chi connectivity index (χ0) is 42.7. The van der Waals surface area contributed by atoms with Gasteiger partial charge < -0.3 is 38.8 Å². The maximum atomic E-state index is 14.5. The first-order valence-electron chi connectivity index (χ1n) is 20.6. The third-order valence-electron chi connectivity index (χ3n) is 12.2. The summed E-state index contributed by atoms with van der Waals surface area (Å²) in [4.78, 5) is 57.4. The number of nitrogens with zero attached hydrogens (tertiary/aromatic N) is 4. The molecular weight excluding hydrogens is 745 g/mol. The minimum absolute atomic E-state index is 0.0764. The highest BCUT2D eigenvalue weighted by Gasteiger charge is 2.53. The van der Waals surface area contributed by atoms with Crippen molar-refractivity contribution in [1.29, 1.82) is 0 Å². The van der Waals surface area contributed by atoms with Crippen molar-refractivity contribution in [3.8, 4) is 0 Å². The van der Waals surface area contributed by atoms with E-state index in [2.05, 4.69) is 4.99 Å². The number of hydrogen-bond donors (Lipinski definition) is 2. The number of esters is 1. The van der Waals surface area contributed by atoms with Crippen LogP contribution in [0.3, 0.4) is 0 Å². The van der Waals surface area contributed by atoms with Gasteiger partial charge in [-0.25, -0.2) is 4.99 Å². The van der Waals surface area contributed by atoms with Crippen molar-refractivity contribution in [3.63, 3.8) is 0 Å². The number of amides is 1. The van der Waals surface area contributed by atoms with Gasteiger partial charge in [-0.05, 0) is 79.1 Å². The molecule has 1 amide bonds. The maximum Gasteiger partial charge on any atom is 0.316 e. The Labute approximate surface area is 342 Å². The number of ether oxygens (including phenoxy) is 5. The zero-order valence-electron chi connectivity index (χ0n) is 36.0. The van der Waals surface area contributed by atoms with Gasteiger partial charge in [0.2, 0.25) is 5.91 Å². The van der Waals surface area contributed by atoms with Gasteiger partial charge in [-0.1, -0.05) is 52.0 Å². The van der Waals surface area contributed by atoms with Crippen LogP contribution >= 0.6 is 0 Å². The fraction of sp³-hybridized carbons (Fsp3) is 0.682. The molecule has 13 atom stereocenters. The van der Waals surface area contributed by atoms with Crippen LogP contribution in [0.25, 0.3) is 10.9 Å². The van der Waals surface area contributed by atoms with E-state index in [0.717, 1.165) is 16.6 Å². The lowest BCUT2D eigenvalue weighted by Gasteiger charge is -2.47. The van der Waals surface area contributed by atoms with Crippen molar-refractivity contribution >= 4 is 40.0 Å². The fourth-order valence-electron chi connectivity index (χ4n) is 9.03. The van der Waals surface area contributed by atoms with Gasteiger partial charge in [-0.2, -0.15) is 0 Å². The van der Waals surface area contributed by atoms with Crippen LogP contribution < -0.4 is 0 Å². The number of aliphatic hydroxyl groups excluding tert-OH is 1. The Morgan fingerprint density at radius 3 is 2.41 bits per heavy atom. The number of aliphatic imine (C=N–C) groups is 2. The van der Waals surface area contributed by atoms with E-state index in [1.54, 1.807) is 20.8 Å². The van der Waals surface area contributed by atoms with E-state index in [4.69, 9.17) is 33.7 Å². The third kappa shape index (κ3) is 10.1. The number of benzene rings is 1. The highest BCUT2D eigenvalue weighted by Crippen LogP contribution is 2.40. The summed E-state index contributed by atoms with van der Waals surface area (Å²) in [6.07, 6.45) is -4.88. The summed E-state index contributed by atoms with van der Waals surface area (Å²) >= 11 is 0. The Bertz CT molecular complexity index is 1850. The minimum Gasteiger partial charge on any atom is -0.459 e. The normalized spacial score (nSPS) is 38.6. The Balaban J connectivity index is 1.70. The number of cyclic esters (lactones) is 1. The molecule has 5 rings (SSSR count). The van der Waals surface area contributed by atoms with E-state index in [9.17, 15) is 24.6 Å². The van der Waals surface area contributed by atoms with E-state index in [-0.39, 0.29) is 44.7 Å². The summed E-state index contributed by atoms with van der Waals surface area (Å²) in [7, 11) is 3.75. The van der Waals surface area contributed by atoms with Gasteiger partial charge >= 0.3 is 5.97 Å². The summed E-state index contributed by atoms with van der Waals surface area (Å²) in [5, 5.41) is 25.1. The smallest absolute Gasteiger partial charge is 0.316 e. The van der Waals surface area contributed by atoms with Crippen molar-refractivity contribution in [2.45, 2.75) is 142 Å². The van der Waals surface area contributed by atoms with Crippen molar-refractivity contribution in [2.24, 2.45) is 33.7 Å². The molecule has 0 saturated carbocycles. The van der Waals surface area contributed by atoms with E-state index >= 15 is 0 Å². The quantitative estimate of drug-likeness (QED) is 0.303. The molecule has 2 N–H and O–H groups in total. The SMILES string of the molecule is CC[C@H]1OC(=O)[C@H](C)C(=O)[C@H](C)[C@@H](O[C@@H]2O[C@H](C)C[C@H](N(C)C)[C@H]2O)[C@@]2(C)C[C@@H](C)C(=NC(C)=O)[C@H](C)[C@H](OCC(=NCc3ccc4ccccc4n3)CO2)[C@]1(C)O. The predicted molar refractivity (Wildman–Crippen MR) is 219 cm³/mol. The Hall–Kier alpha value is -3.50. The average molecular weight is 809 g/mol. The van der Waals surface area contributed by atoms with Crippen LogP contribution in [0.4, 0.5) is 0 Å². The molecule has 1 aromatic heterocycles. The van der Waals surface area contributed by atoms with E-state index in [1.807, 2.05) is 83.1 Å². The van der Waals surface area contributed by atoms with Crippen LogP contribution in [-0.2, 0) is 44.6 Å². The molecular formula is C44H64N4O10. The number of carbonyl (C=O) groups is 3. The lowest BCUT2D eigenvalue weighted by molar-refractivity contribution is -0.296. The van der Waals surface area contributed by atoms with Crippen LogP contribution in [0.15, 0.2) is 46.4 Å². The van der Waals surface area contributed by atoms with Crippen LogP contribution in [0, 0.1) is 23.7 Å². The zero-order valence-corrected chi connectivity index (χ0v) is 36.0. The van der Waals surface area contributed by atoms with Crippen molar-refractivity contribution in [3.05, 3.63) is 42.1 Å². The van der Waals surface area contributed by atoms with Crippen molar-refractivity contribution in [1.82, 2.24) is 9.88 Å². The molecule has 3 aliphatic heterocycles. The maximum absolute atomic E-state index is 14.5. The summed E-state index contributed by atoms with van der Waals surface area (Å²) < 4.78 is 32.7. The van der Waals surface area contributed by atoms with Gasteiger partial charge in [0.05, 0.1) is 60.6 Å². The van der Waals surface area contributed by atoms with E-state index in [1.165, 1.54) is 13.8 Å². The Kier molecular flexibility index (Phi) is 14.8. The van der Waals surface area contributed by atoms with E-state index < -0.39 is 83.2 Å². The van der Waals surface area contributed by atoms with Gasteiger partial charge in [-0.15, -0.1) is 0 Å². The first-order valence-corrected chi connectivity index (χ1v) is 20.6. The van der Waals surface area contributed by atoms with Crippen molar-refractivity contribution in [2.75, 3.05) is 27.3 Å². The molecule has 3 aliphatic rings. The largest absolute Gasteiger partial charge is 0.459 e. The Morgan fingerprint density at radius 1 is 1.03 bits per heavy atom. The van der Waals surface area contributed by atoms with Crippen LogP contribution in [0.5, 0.6) is 0 Å². The number of rotatable bonds is 6. The lowest BCUT2D eigenvalue weighted by atomic mass is 9.73. The number of fused-ring (bicyclic) bond motifs is 6. The summed E-state index contributed by atoms with van der Waals surface area (Å²) in [6, 6.07) is 11.4. The topological polar surface area (TPSA) is 179 Å². The number of pyridine rings is 1. The second-order valence-corrected chi connectivity index (χ2v) is 17.3. The van der Waals surface area contributed by atoms with Crippen LogP contribution in [-0.4, -0.2) is 131 Å². The van der Waals surface area contributed by atoms with Gasteiger partial charge in [0.1, 0.15) is 23.7 Å². The van der Waals surface area contributed by atoms with Gasteiger partial charge in [0.25, 0.3) is 0 Å². The molecule has 0 radical (unpaired) electrons. The van der Waals surface area contributed by atoms with Crippen LogP contribution in [0.2, 0.25) is 0 Å². The number of para-hydroxylation sites is 1. The molecule has 1 aromatic carbocycles. The summed E-state index contributed by atoms with van der Waals surface area (Å²) in [5.74, 6) is -5.15. The third-order valence-corrected chi connectivity index (χ3v) is 12.2. The molecule has 2 bridgehead atoms. The number of likely N-dealkylation sites (N-methyl/N-ethyl adjacent to an activating group) is 1. The second-order valence-electron chi connectivity index (χ2n) is 17.3. The second kappa shape index (κ2) is 18.8. The average Bonchev–Trinajstić information content (AvgIpc) is 3.19. The van der Waals surface area contributed by atoms with E-state index in [0.29, 0.717) is 17.8 Å². The molecule has 0 aliphatic carbocycles. The number of Topliss-reactive ketones (excluding diaryl/α,β-unsaturated/α-hetero) is 1. The lowest BCUT2D eigenvalue weighted by Crippen LogP contribution is -2.60. The molecule has 3 fully saturated rings. The molecule has 3 saturated heterocycles. The monoisotopic (exact) mass is 808 g/mol. The minimum atomic E-state index is -1.82. The highest BCUT2D eigenvalue weighted by atomic mass is 16.7. The molecule has 14 heteroatoms. The first kappa shape index (κ1) is 45.6. The number of hydrogen-bond acceptors (Lipinski definition) is 13. The Morgan fingerprint density at radius 2 is 1.74 bits per heavy atom. The molecule has 0 unspecified atom stereocenters. The van der Waals surface area contributed by atoms with Gasteiger partial charge in [-0.3, -0.25) is 24.4 Å². The van der Waals surface area contributed by atoms with Gasteiger partial charge in [0.15, 0.2) is 12.1 Å². The molecule has 58 heavy (non-hydrogen) atoms. The predicted octanol–water partition coefficient (Wildman–Crippen LogP) is 4.74. The molecule has 2 aromatic rings. The van der Waals surface area contributed by atoms with Gasteiger partial charge in [0, 0.05) is 35.9 Å². The standard InChI is InChI=1S/C44H64N4O10/c1-12-35-44(9,53)40-26(4)36(46-29(7)49)24(2)20-43(8,55-23-32(22-54-40)45-21-31-18-17-30-15-13-14-16-33(30)47-31)39(27(5)37(50)28(6)41(52)57-35)58-42-38(51)34(48(10)11)19-25(3)56-42/h13-18,24-28,34-35,38-40,42,51,53H,12,19-23H2,1-11H3/t24-,25-,26+,27+,28-,34+,35-,38-,39-,40+,42+,43-,44-/m1/s1. The molecule has 0 spiro atoms. The fourth-order valence-corrected chi connectivity index (χ4v) is 9.03. The highest BCUT2D eigenvalue weighted by molar-refractivity contribution is 6.00. The van der Waals surface area contributed by atoms with Crippen LogP contribution in [0.1, 0.15) is 87.3 Å². The first-order chi connectivity index (χ1) is 27.3. The molecule has 320 valence electrons. The summed E-state index contributed by atoms with van der Waals surface area (Å²) in [6.45, 7) is 15.3. The summed E-state index contributed by atoms with van der Waals surface area (Å²) in [5.41, 5.74) is -0.704. The number of aromatic nitrogens is 1. The molecule has 4 heterocycles.